The van der Waals surface area contributed by atoms with Crippen LogP contribution in [0.25, 0.3) is 0 Å². The topological polar surface area (TPSA) is 52.3 Å². The maximum atomic E-state index is 12.0. The van der Waals surface area contributed by atoms with Gasteiger partial charge in [-0.1, -0.05) is 13.8 Å². The maximum Gasteiger partial charge on any atom is 0.326 e. The zero-order chi connectivity index (χ0) is 12.7. The molecule has 1 unspecified atom stereocenters. The molecule has 0 aromatic heterocycles. The third-order valence-corrected chi connectivity index (χ3v) is 4.43. The van der Waals surface area contributed by atoms with Crippen molar-refractivity contribution in [1.29, 1.82) is 0 Å². The van der Waals surface area contributed by atoms with Gasteiger partial charge in [0.25, 0.3) is 0 Å². The van der Waals surface area contributed by atoms with E-state index in [4.69, 9.17) is 10.5 Å². The quantitative estimate of drug-likeness (QED) is 0.770. The van der Waals surface area contributed by atoms with Crippen molar-refractivity contribution >= 4 is 5.97 Å². The Morgan fingerprint density at radius 3 is 2.24 bits per heavy atom. The number of hydrogen-bond acceptors (Lipinski definition) is 3. The van der Waals surface area contributed by atoms with Crippen LogP contribution in [0.15, 0.2) is 0 Å². The summed E-state index contributed by atoms with van der Waals surface area (Å²) in [7, 11) is 0. The summed E-state index contributed by atoms with van der Waals surface area (Å²) in [5.41, 5.74) is 5.71. The molecule has 2 aliphatic carbocycles. The van der Waals surface area contributed by atoms with Crippen molar-refractivity contribution in [2.75, 3.05) is 0 Å². The van der Waals surface area contributed by atoms with Gasteiger partial charge in [0.1, 0.15) is 11.6 Å². The minimum Gasteiger partial charge on any atom is -0.461 e. The van der Waals surface area contributed by atoms with E-state index in [-0.39, 0.29) is 12.1 Å². The third-order valence-electron chi connectivity index (χ3n) is 4.43. The molecule has 0 heterocycles. The second kappa shape index (κ2) is 4.27. The Kier molecular flexibility index (Phi) is 3.23. The van der Waals surface area contributed by atoms with Gasteiger partial charge in [-0.15, -0.1) is 0 Å². The van der Waals surface area contributed by atoms with Gasteiger partial charge < -0.3 is 10.5 Å². The van der Waals surface area contributed by atoms with E-state index in [1.54, 1.807) is 0 Å². The zero-order valence-corrected chi connectivity index (χ0v) is 11.3. The van der Waals surface area contributed by atoms with Crippen molar-refractivity contribution in [2.24, 2.45) is 17.1 Å². The average Bonchev–Trinajstić information content (AvgIpc) is 3.04. The van der Waals surface area contributed by atoms with Gasteiger partial charge in [-0.3, -0.25) is 4.79 Å². The predicted octanol–water partition coefficient (Wildman–Crippen LogP) is 2.63. The van der Waals surface area contributed by atoms with E-state index in [0.717, 1.165) is 38.5 Å². The summed E-state index contributed by atoms with van der Waals surface area (Å²) < 4.78 is 5.59. The monoisotopic (exact) mass is 239 g/mol. The highest BCUT2D eigenvalue weighted by Gasteiger charge is 2.46. The van der Waals surface area contributed by atoms with Gasteiger partial charge >= 0.3 is 5.97 Å². The average molecular weight is 239 g/mol. The highest BCUT2D eigenvalue weighted by Crippen LogP contribution is 2.40. The van der Waals surface area contributed by atoms with Crippen LogP contribution in [0.1, 0.15) is 59.3 Å². The molecule has 0 amide bonds. The van der Waals surface area contributed by atoms with Crippen molar-refractivity contribution in [2.45, 2.75) is 70.9 Å². The Morgan fingerprint density at radius 2 is 1.76 bits per heavy atom. The van der Waals surface area contributed by atoms with Crippen LogP contribution < -0.4 is 5.73 Å². The Balaban J connectivity index is 1.83. The number of carbonyl (C=O) groups is 1. The first kappa shape index (κ1) is 12.9. The summed E-state index contributed by atoms with van der Waals surface area (Å²) in [6.45, 7) is 6.38. The summed E-state index contributed by atoms with van der Waals surface area (Å²) in [6.07, 6.45) is 6.47. The molecule has 0 aromatic rings. The van der Waals surface area contributed by atoms with Gasteiger partial charge in [-0.25, -0.2) is 0 Å². The molecule has 3 heteroatoms. The van der Waals surface area contributed by atoms with Crippen LogP contribution >= 0.6 is 0 Å². The molecule has 0 aliphatic heterocycles. The molecule has 17 heavy (non-hydrogen) atoms. The third kappa shape index (κ3) is 3.01. The molecule has 2 saturated carbocycles. The molecule has 3 nitrogen and oxygen atoms in total. The fourth-order valence-electron chi connectivity index (χ4n) is 2.62. The van der Waals surface area contributed by atoms with E-state index in [2.05, 4.69) is 13.8 Å². The first-order valence-corrected chi connectivity index (χ1v) is 6.81. The Bertz CT molecular complexity index is 295. The van der Waals surface area contributed by atoms with Crippen LogP contribution in [0.4, 0.5) is 0 Å². The van der Waals surface area contributed by atoms with E-state index in [1.165, 1.54) is 0 Å². The highest BCUT2D eigenvalue weighted by molar-refractivity contribution is 5.81. The largest absolute Gasteiger partial charge is 0.461 e. The molecule has 2 N–H and O–H groups in total. The SMILES string of the molecule is CC1(C)CCC(OC(=O)C(C)(N)C2CC2)CC1. The Hall–Kier alpha value is -0.570. The van der Waals surface area contributed by atoms with Crippen LogP contribution in [0, 0.1) is 11.3 Å². The molecular formula is C14H25NO2. The van der Waals surface area contributed by atoms with Gasteiger partial charge in [-0.05, 0) is 56.8 Å². The van der Waals surface area contributed by atoms with Crippen LogP contribution in [-0.4, -0.2) is 17.6 Å². The number of nitrogens with two attached hydrogens (primary N) is 1. The van der Waals surface area contributed by atoms with E-state index in [0.29, 0.717) is 11.3 Å². The minimum absolute atomic E-state index is 0.0946. The lowest BCUT2D eigenvalue weighted by Gasteiger charge is -2.35. The van der Waals surface area contributed by atoms with Crippen molar-refractivity contribution < 1.29 is 9.53 Å². The predicted molar refractivity (Wildman–Crippen MR) is 67.4 cm³/mol. The summed E-state index contributed by atoms with van der Waals surface area (Å²) in [6, 6.07) is 0. The molecule has 0 spiro atoms. The molecule has 0 saturated heterocycles. The molecule has 2 aliphatic rings. The van der Waals surface area contributed by atoms with Gasteiger partial charge in [-0.2, -0.15) is 0 Å². The first-order chi connectivity index (χ1) is 7.81. The van der Waals surface area contributed by atoms with Gasteiger partial charge in [0.15, 0.2) is 0 Å². The fourth-order valence-corrected chi connectivity index (χ4v) is 2.62. The van der Waals surface area contributed by atoms with Crippen LogP contribution in [0.5, 0.6) is 0 Å². The summed E-state index contributed by atoms with van der Waals surface area (Å²) >= 11 is 0. The molecule has 98 valence electrons. The lowest BCUT2D eigenvalue weighted by molar-refractivity contribution is -0.158. The second-order valence-corrected chi connectivity index (χ2v) is 6.83. The number of rotatable bonds is 3. The van der Waals surface area contributed by atoms with Crippen LogP contribution in [0.3, 0.4) is 0 Å². The van der Waals surface area contributed by atoms with E-state index in [9.17, 15) is 4.79 Å². The van der Waals surface area contributed by atoms with Crippen LogP contribution in [0.2, 0.25) is 0 Å². The van der Waals surface area contributed by atoms with Crippen molar-refractivity contribution in [1.82, 2.24) is 0 Å². The number of carbonyl (C=O) groups excluding carboxylic acids is 1. The number of hydrogen-bond donors (Lipinski definition) is 1. The molecule has 0 aromatic carbocycles. The summed E-state index contributed by atoms with van der Waals surface area (Å²) in [5.74, 6) is 0.153. The van der Waals surface area contributed by atoms with Gasteiger partial charge in [0.05, 0.1) is 0 Å². The molecule has 0 bridgehead atoms. The highest BCUT2D eigenvalue weighted by atomic mass is 16.5. The summed E-state index contributed by atoms with van der Waals surface area (Å²) in [5, 5.41) is 0. The van der Waals surface area contributed by atoms with E-state index >= 15 is 0 Å². The maximum absolute atomic E-state index is 12.0. The van der Waals surface area contributed by atoms with Crippen molar-refractivity contribution in [3.8, 4) is 0 Å². The lowest BCUT2D eigenvalue weighted by Crippen LogP contribution is -2.49. The minimum atomic E-state index is -0.757. The number of ether oxygens (including phenoxy) is 1. The number of esters is 1. The second-order valence-electron chi connectivity index (χ2n) is 6.83. The molecule has 2 fully saturated rings. The normalized spacial score (nSPS) is 28.5. The smallest absolute Gasteiger partial charge is 0.326 e. The zero-order valence-electron chi connectivity index (χ0n) is 11.3. The standard InChI is InChI=1S/C14H25NO2/c1-13(2)8-6-11(7-9-13)17-12(16)14(3,15)10-4-5-10/h10-11H,4-9,15H2,1-3H3. The van der Waals surface area contributed by atoms with Crippen molar-refractivity contribution in [3.63, 3.8) is 0 Å². The summed E-state index contributed by atoms with van der Waals surface area (Å²) in [4.78, 5) is 12.0. The molecule has 2 rings (SSSR count). The van der Waals surface area contributed by atoms with Crippen molar-refractivity contribution in [3.05, 3.63) is 0 Å². The fraction of sp³-hybridized carbons (Fsp3) is 0.929. The molecular weight excluding hydrogens is 214 g/mol. The van der Waals surface area contributed by atoms with Gasteiger partial charge in [0, 0.05) is 0 Å². The van der Waals surface area contributed by atoms with Gasteiger partial charge in [0.2, 0.25) is 0 Å². The van der Waals surface area contributed by atoms with E-state index < -0.39 is 5.54 Å². The lowest BCUT2D eigenvalue weighted by atomic mass is 9.76. The Morgan fingerprint density at radius 1 is 1.24 bits per heavy atom. The van der Waals surface area contributed by atoms with E-state index in [1.807, 2.05) is 6.92 Å². The molecule has 0 radical (unpaired) electrons. The Labute approximate surface area is 104 Å². The molecule has 1 atom stereocenters. The first-order valence-electron chi connectivity index (χ1n) is 6.81. The van der Waals surface area contributed by atoms with Crippen LogP contribution in [-0.2, 0) is 9.53 Å².